The number of aromatic nitrogens is 3. The smallest absolute Gasteiger partial charge is 0.332 e. The maximum atomic E-state index is 12.5. The van der Waals surface area contributed by atoms with Gasteiger partial charge in [0, 0.05) is 27.7 Å². The summed E-state index contributed by atoms with van der Waals surface area (Å²) < 4.78 is 3.98. The topological polar surface area (TPSA) is 78.0 Å². The molecule has 0 atom stereocenters. The molecule has 25 heavy (non-hydrogen) atoms. The van der Waals surface area contributed by atoms with Crippen LogP contribution in [0.5, 0.6) is 0 Å². The summed E-state index contributed by atoms with van der Waals surface area (Å²) in [7, 11) is 4.67. The molecule has 3 rings (SSSR count). The van der Waals surface area contributed by atoms with Crippen molar-refractivity contribution in [3.05, 3.63) is 68.0 Å². The van der Waals surface area contributed by atoms with Gasteiger partial charge < -0.3 is 9.88 Å². The highest BCUT2D eigenvalue weighted by Gasteiger charge is 2.18. The van der Waals surface area contributed by atoms with Crippen LogP contribution < -0.4 is 16.6 Å². The number of hydrogen-bond acceptors (Lipinski definition) is 3. The molecule has 1 amide bonds. The Morgan fingerprint density at radius 3 is 2.28 bits per heavy atom. The first kappa shape index (κ1) is 16.8. The van der Waals surface area contributed by atoms with Crippen molar-refractivity contribution in [1.29, 1.82) is 0 Å². The van der Waals surface area contributed by atoms with Gasteiger partial charge in [-0.05, 0) is 18.6 Å². The Balaban J connectivity index is 1.97. The Hall–Kier alpha value is -3.09. The molecule has 2 aromatic heterocycles. The van der Waals surface area contributed by atoms with Crippen molar-refractivity contribution in [3.63, 3.8) is 0 Å². The number of amides is 1. The fourth-order valence-corrected chi connectivity index (χ4v) is 2.94. The summed E-state index contributed by atoms with van der Waals surface area (Å²) in [5.74, 6) is -0.297. The fraction of sp³-hybridized carbons (Fsp3) is 0.278. The van der Waals surface area contributed by atoms with E-state index in [-0.39, 0.29) is 5.91 Å². The van der Waals surface area contributed by atoms with E-state index in [0.717, 1.165) is 15.7 Å². The van der Waals surface area contributed by atoms with Crippen LogP contribution in [0, 0.1) is 6.92 Å². The SMILES string of the molecule is Cc1ccc(CNC(=O)c2cc3c(=O)n(C)c(=O)n(C)c3n2C)cc1. The molecule has 0 radical (unpaired) electrons. The van der Waals surface area contributed by atoms with Crippen LogP contribution in [0.2, 0.25) is 0 Å². The zero-order valence-electron chi connectivity index (χ0n) is 14.7. The second-order valence-corrected chi connectivity index (χ2v) is 6.20. The van der Waals surface area contributed by atoms with Crippen LogP contribution in [0.3, 0.4) is 0 Å². The summed E-state index contributed by atoms with van der Waals surface area (Å²) in [4.78, 5) is 36.9. The van der Waals surface area contributed by atoms with Crippen molar-refractivity contribution in [2.75, 3.05) is 0 Å². The molecule has 0 aliphatic heterocycles. The number of carbonyl (C=O) groups excluding carboxylic acids is 1. The average Bonchev–Trinajstić information content (AvgIpc) is 2.95. The molecule has 0 aliphatic carbocycles. The van der Waals surface area contributed by atoms with Gasteiger partial charge in [0.15, 0.2) is 0 Å². The number of hydrogen-bond donors (Lipinski definition) is 1. The zero-order valence-corrected chi connectivity index (χ0v) is 14.7. The monoisotopic (exact) mass is 340 g/mol. The lowest BCUT2D eigenvalue weighted by molar-refractivity contribution is 0.0943. The van der Waals surface area contributed by atoms with Crippen LogP contribution in [0.4, 0.5) is 0 Å². The van der Waals surface area contributed by atoms with Gasteiger partial charge in [-0.3, -0.25) is 18.7 Å². The summed E-state index contributed by atoms with van der Waals surface area (Å²) in [6, 6.07) is 9.41. The Bertz CT molecular complexity index is 1080. The molecule has 0 saturated heterocycles. The number of benzene rings is 1. The van der Waals surface area contributed by atoms with Crippen molar-refractivity contribution in [2.45, 2.75) is 13.5 Å². The summed E-state index contributed by atoms with van der Waals surface area (Å²) in [5, 5.41) is 3.19. The molecule has 7 nitrogen and oxygen atoms in total. The summed E-state index contributed by atoms with van der Waals surface area (Å²) in [6.07, 6.45) is 0. The summed E-state index contributed by atoms with van der Waals surface area (Å²) >= 11 is 0. The van der Waals surface area contributed by atoms with Crippen molar-refractivity contribution in [1.82, 2.24) is 19.0 Å². The second kappa shape index (κ2) is 6.08. The van der Waals surface area contributed by atoms with Gasteiger partial charge in [0.2, 0.25) is 0 Å². The van der Waals surface area contributed by atoms with E-state index in [9.17, 15) is 14.4 Å². The third-order valence-electron chi connectivity index (χ3n) is 4.43. The number of nitrogens with zero attached hydrogens (tertiary/aromatic N) is 3. The first-order valence-corrected chi connectivity index (χ1v) is 7.90. The average molecular weight is 340 g/mol. The van der Waals surface area contributed by atoms with Crippen LogP contribution in [-0.2, 0) is 27.7 Å². The molecule has 0 fully saturated rings. The van der Waals surface area contributed by atoms with Gasteiger partial charge in [-0.1, -0.05) is 29.8 Å². The van der Waals surface area contributed by atoms with Crippen LogP contribution in [0.15, 0.2) is 39.9 Å². The zero-order chi connectivity index (χ0) is 18.3. The molecule has 0 bridgehead atoms. The molecule has 0 saturated carbocycles. The molecule has 0 aliphatic rings. The largest absolute Gasteiger partial charge is 0.347 e. The van der Waals surface area contributed by atoms with Gasteiger partial charge >= 0.3 is 5.69 Å². The minimum atomic E-state index is -0.426. The second-order valence-electron chi connectivity index (χ2n) is 6.20. The molecule has 2 heterocycles. The summed E-state index contributed by atoms with van der Waals surface area (Å²) in [5.41, 5.74) is 2.06. The Kier molecular flexibility index (Phi) is 4.08. The summed E-state index contributed by atoms with van der Waals surface area (Å²) in [6.45, 7) is 2.39. The molecule has 1 aromatic carbocycles. The van der Waals surface area contributed by atoms with Gasteiger partial charge in [0.05, 0.1) is 5.39 Å². The van der Waals surface area contributed by atoms with Crippen molar-refractivity contribution in [2.24, 2.45) is 21.1 Å². The first-order chi connectivity index (χ1) is 11.8. The number of rotatable bonds is 3. The van der Waals surface area contributed by atoms with Crippen LogP contribution >= 0.6 is 0 Å². The van der Waals surface area contributed by atoms with Crippen LogP contribution in [0.1, 0.15) is 21.6 Å². The molecular weight excluding hydrogens is 320 g/mol. The lowest BCUT2D eigenvalue weighted by Crippen LogP contribution is -2.37. The van der Waals surface area contributed by atoms with E-state index in [1.165, 1.54) is 17.7 Å². The third-order valence-corrected chi connectivity index (χ3v) is 4.43. The molecule has 1 N–H and O–H groups in total. The number of aryl methyl sites for hydroxylation is 3. The van der Waals surface area contributed by atoms with Crippen LogP contribution in [0.25, 0.3) is 11.0 Å². The molecule has 0 spiro atoms. The van der Waals surface area contributed by atoms with E-state index >= 15 is 0 Å². The van der Waals surface area contributed by atoms with E-state index < -0.39 is 11.2 Å². The van der Waals surface area contributed by atoms with E-state index in [2.05, 4.69) is 5.32 Å². The van der Waals surface area contributed by atoms with Gasteiger partial charge in [-0.2, -0.15) is 0 Å². The minimum absolute atomic E-state index is 0.297. The molecular formula is C18H20N4O3. The number of fused-ring (bicyclic) bond motifs is 1. The van der Waals surface area contributed by atoms with Gasteiger partial charge in [-0.25, -0.2) is 4.79 Å². The third kappa shape index (κ3) is 2.77. The van der Waals surface area contributed by atoms with E-state index in [0.29, 0.717) is 23.3 Å². The molecule has 7 heteroatoms. The normalized spacial score (nSPS) is 11.0. The Morgan fingerprint density at radius 1 is 1.00 bits per heavy atom. The predicted octanol–water partition coefficient (Wildman–Crippen LogP) is 0.814. The number of carbonyl (C=O) groups is 1. The van der Waals surface area contributed by atoms with E-state index in [1.54, 1.807) is 18.7 Å². The minimum Gasteiger partial charge on any atom is -0.347 e. The highest BCUT2D eigenvalue weighted by Crippen LogP contribution is 2.14. The van der Waals surface area contributed by atoms with E-state index in [4.69, 9.17) is 0 Å². The maximum absolute atomic E-state index is 12.5. The predicted molar refractivity (Wildman–Crippen MR) is 95.8 cm³/mol. The molecule has 0 unspecified atom stereocenters. The lowest BCUT2D eigenvalue weighted by Gasteiger charge is -2.09. The highest BCUT2D eigenvalue weighted by atomic mass is 16.2. The van der Waals surface area contributed by atoms with Gasteiger partial charge in [0.1, 0.15) is 11.3 Å². The number of nitrogens with one attached hydrogen (secondary N) is 1. The standard InChI is InChI=1S/C18H20N4O3/c1-11-5-7-12(8-6-11)10-19-15(23)14-9-13-16(20(14)2)21(3)18(25)22(4)17(13)24/h5-9H,10H2,1-4H3,(H,19,23). The van der Waals surface area contributed by atoms with Crippen LogP contribution in [-0.4, -0.2) is 19.6 Å². The quantitative estimate of drug-likeness (QED) is 0.766. The Labute approximate surface area is 144 Å². The van der Waals surface area contributed by atoms with Crippen molar-refractivity contribution in [3.8, 4) is 0 Å². The van der Waals surface area contributed by atoms with Crippen molar-refractivity contribution >= 4 is 16.9 Å². The van der Waals surface area contributed by atoms with E-state index in [1.807, 2.05) is 31.2 Å². The Morgan fingerprint density at radius 2 is 1.64 bits per heavy atom. The highest BCUT2D eigenvalue weighted by molar-refractivity contribution is 5.97. The van der Waals surface area contributed by atoms with Crippen molar-refractivity contribution < 1.29 is 4.79 Å². The fourth-order valence-electron chi connectivity index (χ4n) is 2.94. The van der Waals surface area contributed by atoms with Gasteiger partial charge in [-0.15, -0.1) is 0 Å². The van der Waals surface area contributed by atoms with Gasteiger partial charge in [0.25, 0.3) is 11.5 Å². The first-order valence-electron chi connectivity index (χ1n) is 7.90. The molecule has 130 valence electrons. The molecule has 3 aromatic rings. The lowest BCUT2D eigenvalue weighted by atomic mass is 10.1. The maximum Gasteiger partial charge on any atom is 0.332 e.